The first-order chi connectivity index (χ1) is 8.86. The summed E-state index contributed by atoms with van der Waals surface area (Å²) in [6, 6.07) is 5.49. The van der Waals surface area contributed by atoms with E-state index in [9.17, 15) is 13.2 Å². The Labute approximate surface area is 118 Å². The van der Waals surface area contributed by atoms with Crippen LogP contribution in [0.4, 0.5) is 18.9 Å². The molecule has 1 heterocycles. The molecule has 0 spiro atoms. The highest BCUT2D eigenvalue weighted by Gasteiger charge is 2.34. The SMILES string of the molecule is Nc1ccc(CN2CC=C(C(F)(F)F)CC2)c(Br)c1. The Hall–Kier alpha value is -1.01. The lowest BCUT2D eigenvalue weighted by molar-refractivity contribution is -0.0960. The fraction of sp³-hybridized carbons (Fsp3) is 0.385. The van der Waals surface area contributed by atoms with E-state index in [4.69, 9.17) is 5.73 Å². The third-order valence-corrected chi connectivity index (χ3v) is 3.87. The first kappa shape index (κ1) is 14.4. The Morgan fingerprint density at radius 1 is 1.32 bits per heavy atom. The number of alkyl halides is 3. The van der Waals surface area contributed by atoms with Gasteiger partial charge in [0, 0.05) is 35.4 Å². The van der Waals surface area contributed by atoms with Crippen molar-refractivity contribution in [3.8, 4) is 0 Å². The lowest BCUT2D eigenvalue weighted by Gasteiger charge is -2.27. The summed E-state index contributed by atoms with van der Waals surface area (Å²) < 4.78 is 38.4. The molecule has 1 aliphatic rings. The topological polar surface area (TPSA) is 29.3 Å². The molecule has 0 saturated carbocycles. The summed E-state index contributed by atoms with van der Waals surface area (Å²) in [6.07, 6.45) is -2.86. The van der Waals surface area contributed by atoms with Gasteiger partial charge in [0.1, 0.15) is 0 Å². The van der Waals surface area contributed by atoms with E-state index in [1.165, 1.54) is 6.08 Å². The normalized spacial score (nSPS) is 17.4. The van der Waals surface area contributed by atoms with Crippen LogP contribution in [0.5, 0.6) is 0 Å². The molecule has 2 N–H and O–H groups in total. The number of nitrogens with two attached hydrogens (primary N) is 1. The Morgan fingerprint density at radius 2 is 2.05 bits per heavy atom. The monoisotopic (exact) mass is 334 g/mol. The molecular formula is C13H14BrF3N2. The van der Waals surface area contributed by atoms with Gasteiger partial charge in [-0.15, -0.1) is 0 Å². The number of halogens is 4. The number of benzene rings is 1. The summed E-state index contributed by atoms with van der Waals surface area (Å²) in [6.45, 7) is 1.36. The van der Waals surface area contributed by atoms with Gasteiger partial charge in [0.05, 0.1) is 0 Å². The molecule has 0 aliphatic carbocycles. The van der Waals surface area contributed by atoms with Gasteiger partial charge in [0.15, 0.2) is 0 Å². The summed E-state index contributed by atoms with van der Waals surface area (Å²) in [5, 5.41) is 0. The van der Waals surface area contributed by atoms with Crippen LogP contribution in [-0.2, 0) is 6.54 Å². The van der Waals surface area contributed by atoms with E-state index in [1.54, 1.807) is 12.1 Å². The highest BCUT2D eigenvalue weighted by atomic mass is 79.9. The molecule has 0 atom stereocenters. The summed E-state index contributed by atoms with van der Waals surface area (Å²) in [7, 11) is 0. The largest absolute Gasteiger partial charge is 0.412 e. The van der Waals surface area contributed by atoms with Crippen LogP contribution in [0.2, 0.25) is 0 Å². The van der Waals surface area contributed by atoms with Crippen LogP contribution in [0.25, 0.3) is 0 Å². The lowest BCUT2D eigenvalue weighted by Crippen LogP contribution is -2.31. The van der Waals surface area contributed by atoms with Gasteiger partial charge in [-0.3, -0.25) is 4.90 Å². The van der Waals surface area contributed by atoms with Gasteiger partial charge in [0.2, 0.25) is 0 Å². The third kappa shape index (κ3) is 3.73. The average Bonchev–Trinajstić information content (AvgIpc) is 2.32. The van der Waals surface area contributed by atoms with Crippen LogP contribution in [0.1, 0.15) is 12.0 Å². The Kier molecular flexibility index (Phi) is 4.20. The van der Waals surface area contributed by atoms with E-state index < -0.39 is 11.7 Å². The van der Waals surface area contributed by atoms with Crippen molar-refractivity contribution in [1.82, 2.24) is 4.90 Å². The van der Waals surface area contributed by atoms with E-state index in [1.807, 2.05) is 11.0 Å². The van der Waals surface area contributed by atoms with E-state index >= 15 is 0 Å². The van der Waals surface area contributed by atoms with Crippen molar-refractivity contribution in [3.05, 3.63) is 39.9 Å². The molecule has 104 valence electrons. The van der Waals surface area contributed by atoms with Gasteiger partial charge in [-0.25, -0.2) is 0 Å². The Bertz CT molecular complexity index is 497. The zero-order valence-corrected chi connectivity index (χ0v) is 11.8. The standard InChI is InChI=1S/C13H14BrF3N2/c14-12-7-11(18)2-1-9(12)8-19-5-3-10(4-6-19)13(15,16)17/h1-3,7H,4-6,8,18H2. The third-order valence-electron chi connectivity index (χ3n) is 3.13. The van der Waals surface area contributed by atoms with Gasteiger partial charge in [-0.05, 0) is 24.1 Å². The molecule has 0 bridgehead atoms. The number of hydrogen-bond donors (Lipinski definition) is 1. The van der Waals surface area contributed by atoms with Crippen LogP contribution < -0.4 is 5.73 Å². The minimum absolute atomic E-state index is 0.0517. The number of nitrogen functional groups attached to an aromatic ring is 1. The second-order valence-electron chi connectivity index (χ2n) is 4.56. The molecule has 2 nitrogen and oxygen atoms in total. The first-order valence-electron chi connectivity index (χ1n) is 5.89. The maximum atomic E-state index is 12.5. The van der Waals surface area contributed by atoms with Gasteiger partial charge in [-0.1, -0.05) is 28.1 Å². The molecule has 2 rings (SSSR count). The van der Waals surface area contributed by atoms with Crippen molar-refractivity contribution in [3.63, 3.8) is 0 Å². The van der Waals surface area contributed by atoms with Crippen molar-refractivity contribution in [2.45, 2.75) is 19.1 Å². The summed E-state index contributed by atoms with van der Waals surface area (Å²) in [4.78, 5) is 1.98. The predicted octanol–water partition coefficient (Wildman–Crippen LogP) is 3.73. The molecule has 0 unspecified atom stereocenters. The number of nitrogens with zero attached hydrogens (tertiary/aromatic N) is 1. The second-order valence-corrected chi connectivity index (χ2v) is 5.42. The van der Waals surface area contributed by atoms with Gasteiger partial charge in [-0.2, -0.15) is 13.2 Å². The van der Waals surface area contributed by atoms with Crippen LogP contribution in [-0.4, -0.2) is 24.2 Å². The molecular weight excluding hydrogens is 321 g/mol. The first-order valence-corrected chi connectivity index (χ1v) is 6.68. The number of hydrogen-bond acceptors (Lipinski definition) is 2. The van der Waals surface area contributed by atoms with Crippen LogP contribution in [0.3, 0.4) is 0 Å². The minimum Gasteiger partial charge on any atom is -0.399 e. The molecule has 0 fully saturated rings. The minimum atomic E-state index is -4.19. The van der Waals surface area contributed by atoms with Crippen molar-refractivity contribution >= 4 is 21.6 Å². The van der Waals surface area contributed by atoms with Gasteiger partial charge in [0.25, 0.3) is 0 Å². The molecule has 1 aromatic rings. The smallest absolute Gasteiger partial charge is 0.399 e. The quantitative estimate of drug-likeness (QED) is 0.659. The molecule has 0 aromatic heterocycles. The maximum absolute atomic E-state index is 12.5. The fourth-order valence-electron chi connectivity index (χ4n) is 2.04. The number of rotatable bonds is 2. The lowest BCUT2D eigenvalue weighted by atomic mass is 10.1. The van der Waals surface area contributed by atoms with E-state index in [0.29, 0.717) is 25.3 Å². The van der Waals surface area contributed by atoms with Crippen LogP contribution in [0, 0.1) is 0 Å². The molecule has 0 saturated heterocycles. The molecule has 19 heavy (non-hydrogen) atoms. The zero-order valence-electron chi connectivity index (χ0n) is 10.2. The van der Waals surface area contributed by atoms with Crippen molar-refractivity contribution in [2.75, 3.05) is 18.8 Å². The van der Waals surface area contributed by atoms with E-state index in [-0.39, 0.29) is 6.42 Å². The van der Waals surface area contributed by atoms with Gasteiger partial charge < -0.3 is 5.73 Å². The Balaban J connectivity index is 2.01. The predicted molar refractivity (Wildman–Crippen MR) is 72.6 cm³/mol. The summed E-state index contributed by atoms with van der Waals surface area (Å²) in [5.74, 6) is 0. The fourth-order valence-corrected chi connectivity index (χ4v) is 2.57. The van der Waals surface area contributed by atoms with Gasteiger partial charge >= 0.3 is 6.18 Å². The Morgan fingerprint density at radius 3 is 2.58 bits per heavy atom. The van der Waals surface area contributed by atoms with Crippen molar-refractivity contribution < 1.29 is 13.2 Å². The molecule has 1 aromatic carbocycles. The molecule has 0 radical (unpaired) electrons. The van der Waals surface area contributed by atoms with Crippen molar-refractivity contribution in [2.24, 2.45) is 0 Å². The second kappa shape index (κ2) is 5.54. The van der Waals surface area contributed by atoms with E-state index in [0.717, 1.165) is 10.0 Å². The van der Waals surface area contributed by atoms with E-state index in [2.05, 4.69) is 15.9 Å². The maximum Gasteiger partial charge on any atom is 0.412 e. The molecule has 6 heteroatoms. The molecule has 1 aliphatic heterocycles. The average molecular weight is 335 g/mol. The summed E-state index contributed by atoms with van der Waals surface area (Å²) >= 11 is 3.42. The summed E-state index contributed by atoms with van der Waals surface area (Å²) in [5.41, 5.74) is 6.92. The molecule has 0 amide bonds. The van der Waals surface area contributed by atoms with Crippen molar-refractivity contribution in [1.29, 1.82) is 0 Å². The zero-order chi connectivity index (χ0) is 14.0. The van der Waals surface area contributed by atoms with Crippen LogP contribution >= 0.6 is 15.9 Å². The highest BCUT2D eigenvalue weighted by molar-refractivity contribution is 9.10. The number of anilines is 1. The van der Waals surface area contributed by atoms with Crippen LogP contribution in [0.15, 0.2) is 34.3 Å². The highest BCUT2D eigenvalue weighted by Crippen LogP contribution is 2.31.